The molecule has 1 amide bonds. The van der Waals surface area contributed by atoms with Gasteiger partial charge < -0.3 is 10.4 Å². The molecule has 0 radical (unpaired) electrons. The van der Waals surface area contributed by atoms with Gasteiger partial charge in [-0.3, -0.25) is 4.79 Å². The van der Waals surface area contributed by atoms with E-state index in [1.165, 1.54) is 35.6 Å². The van der Waals surface area contributed by atoms with Crippen LogP contribution in [0.3, 0.4) is 0 Å². The summed E-state index contributed by atoms with van der Waals surface area (Å²) in [6.45, 7) is 0.250. The lowest BCUT2D eigenvalue weighted by Gasteiger charge is -2.22. The van der Waals surface area contributed by atoms with Crippen LogP contribution in [-0.4, -0.2) is 50.0 Å². The average molecular weight is 298 g/mol. The lowest BCUT2D eigenvalue weighted by molar-refractivity contribution is 0.0963. The smallest absolute Gasteiger partial charge is 0.251 e. The van der Waals surface area contributed by atoms with Gasteiger partial charge in [-0.2, -0.15) is 4.31 Å². The van der Waals surface area contributed by atoms with Gasteiger partial charge in [-0.1, -0.05) is 0 Å². The SMILES string of the molecule is CNC(=O)c1ccc(S(=O)(=O)N2CCC[C@H]2CO)cc1. The van der Waals surface area contributed by atoms with Crippen molar-refractivity contribution in [3.63, 3.8) is 0 Å². The van der Waals surface area contributed by atoms with Crippen molar-refractivity contribution in [3.8, 4) is 0 Å². The molecule has 110 valence electrons. The highest BCUT2D eigenvalue weighted by Gasteiger charge is 2.34. The molecule has 1 fully saturated rings. The van der Waals surface area contributed by atoms with Crippen molar-refractivity contribution < 1.29 is 18.3 Å². The Kier molecular flexibility index (Phi) is 4.42. The Balaban J connectivity index is 2.28. The normalized spacial score (nSPS) is 20.0. The van der Waals surface area contributed by atoms with Crippen molar-refractivity contribution in [1.82, 2.24) is 9.62 Å². The first-order valence-electron chi connectivity index (χ1n) is 6.45. The highest BCUT2D eigenvalue weighted by Crippen LogP contribution is 2.25. The predicted molar refractivity (Wildman–Crippen MR) is 73.8 cm³/mol. The number of aliphatic hydroxyl groups is 1. The second-order valence-electron chi connectivity index (χ2n) is 4.70. The van der Waals surface area contributed by atoms with Gasteiger partial charge in [0.05, 0.1) is 11.5 Å². The van der Waals surface area contributed by atoms with Gasteiger partial charge >= 0.3 is 0 Å². The third kappa shape index (κ3) is 2.70. The summed E-state index contributed by atoms with van der Waals surface area (Å²) in [4.78, 5) is 11.6. The number of carbonyl (C=O) groups excluding carboxylic acids is 1. The Morgan fingerprint density at radius 3 is 2.60 bits per heavy atom. The van der Waals surface area contributed by atoms with Crippen LogP contribution >= 0.6 is 0 Å². The molecule has 2 N–H and O–H groups in total. The molecule has 0 aliphatic carbocycles. The fourth-order valence-corrected chi connectivity index (χ4v) is 4.05. The molecular formula is C13H18N2O4S. The Labute approximate surface area is 118 Å². The lowest BCUT2D eigenvalue weighted by Crippen LogP contribution is -2.37. The number of sulfonamides is 1. The Morgan fingerprint density at radius 2 is 2.05 bits per heavy atom. The Bertz CT molecular complexity index is 583. The standard InChI is InChI=1S/C13H18N2O4S/c1-14-13(17)10-4-6-12(7-5-10)20(18,19)15-8-2-3-11(15)9-16/h4-7,11,16H,2-3,8-9H2,1H3,(H,14,17)/t11-/m0/s1. The van der Waals surface area contributed by atoms with Gasteiger partial charge in [-0.05, 0) is 37.1 Å². The van der Waals surface area contributed by atoms with Crippen molar-refractivity contribution in [2.75, 3.05) is 20.2 Å². The van der Waals surface area contributed by atoms with Crippen LogP contribution in [0, 0.1) is 0 Å². The molecule has 1 atom stereocenters. The largest absolute Gasteiger partial charge is 0.395 e. The van der Waals surface area contributed by atoms with Crippen LogP contribution in [0.5, 0.6) is 0 Å². The summed E-state index contributed by atoms with van der Waals surface area (Å²) in [6.07, 6.45) is 1.42. The van der Waals surface area contributed by atoms with Crippen molar-refractivity contribution in [3.05, 3.63) is 29.8 Å². The lowest BCUT2D eigenvalue weighted by atomic mass is 10.2. The molecule has 0 aromatic heterocycles. The van der Waals surface area contributed by atoms with Crippen LogP contribution in [0.1, 0.15) is 23.2 Å². The first kappa shape index (κ1) is 15.0. The molecule has 1 aromatic rings. The van der Waals surface area contributed by atoms with Gasteiger partial charge in [0, 0.05) is 25.2 Å². The van der Waals surface area contributed by atoms with Gasteiger partial charge in [0.25, 0.3) is 5.91 Å². The molecule has 0 unspecified atom stereocenters. The number of benzene rings is 1. The van der Waals surface area contributed by atoms with E-state index in [1.54, 1.807) is 0 Å². The molecule has 20 heavy (non-hydrogen) atoms. The number of nitrogens with zero attached hydrogens (tertiary/aromatic N) is 1. The number of carbonyl (C=O) groups is 1. The summed E-state index contributed by atoms with van der Waals surface area (Å²) in [5.74, 6) is -0.261. The molecule has 6 nitrogen and oxygen atoms in total. The van der Waals surface area contributed by atoms with Gasteiger partial charge in [0.1, 0.15) is 0 Å². The quantitative estimate of drug-likeness (QED) is 0.831. The van der Waals surface area contributed by atoms with E-state index >= 15 is 0 Å². The van der Waals surface area contributed by atoms with E-state index in [1.807, 2.05) is 0 Å². The van der Waals surface area contributed by atoms with E-state index in [0.717, 1.165) is 6.42 Å². The second kappa shape index (κ2) is 5.90. The summed E-state index contributed by atoms with van der Waals surface area (Å²) in [5, 5.41) is 11.7. The molecule has 1 heterocycles. The topological polar surface area (TPSA) is 86.7 Å². The minimum absolute atomic E-state index is 0.144. The molecule has 1 aromatic carbocycles. The fourth-order valence-electron chi connectivity index (χ4n) is 2.37. The summed E-state index contributed by atoms with van der Waals surface area (Å²) < 4.78 is 26.3. The molecule has 1 aliphatic heterocycles. The molecule has 7 heteroatoms. The van der Waals surface area contributed by atoms with E-state index in [-0.39, 0.29) is 23.5 Å². The summed E-state index contributed by atoms with van der Waals surface area (Å²) in [6, 6.07) is 5.46. The molecule has 1 saturated heterocycles. The Hall–Kier alpha value is -1.44. The maximum atomic E-state index is 12.5. The first-order chi connectivity index (χ1) is 9.50. The summed E-state index contributed by atoms with van der Waals surface area (Å²) in [5.41, 5.74) is 0.409. The van der Waals surface area contributed by atoms with Crippen molar-refractivity contribution >= 4 is 15.9 Å². The number of nitrogens with one attached hydrogen (secondary N) is 1. The van der Waals surface area contributed by atoms with Crippen LogP contribution < -0.4 is 5.32 Å². The molecule has 0 bridgehead atoms. The van der Waals surface area contributed by atoms with Gasteiger partial charge in [-0.25, -0.2) is 8.42 Å². The zero-order chi connectivity index (χ0) is 14.8. The zero-order valence-electron chi connectivity index (χ0n) is 11.2. The minimum atomic E-state index is -3.61. The second-order valence-corrected chi connectivity index (χ2v) is 6.59. The van der Waals surface area contributed by atoms with Gasteiger partial charge in [0.2, 0.25) is 10.0 Å². The molecular weight excluding hydrogens is 280 g/mol. The third-order valence-corrected chi connectivity index (χ3v) is 5.45. The van der Waals surface area contributed by atoms with Crippen molar-refractivity contribution in [2.45, 2.75) is 23.8 Å². The van der Waals surface area contributed by atoms with E-state index in [4.69, 9.17) is 0 Å². The molecule has 2 rings (SSSR count). The Morgan fingerprint density at radius 1 is 1.40 bits per heavy atom. The molecule has 1 aliphatic rings. The predicted octanol–water partition coefficient (Wildman–Crippen LogP) is 0.192. The number of hydrogen-bond donors (Lipinski definition) is 2. The van der Waals surface area contributed by atoms with E-state index in [2.05, 4.69) is 5.32 Å². The van der Waals surface area contributed by atoms with E-state index < -0.39 is 10.0 Å². The monoisotopic (exact) mass is 298 g/mol. The zero-order valence-corrected chi connectivity index (χ0v) is 12.1. The number of amides is 1. The summed E-state index contributed by atoms with van der Waals surface area (Å²) in [7, 11) is -2.09. The first-order valence-corrected chi connectivity index (χ1v) is 7.89. The maximum absolute atomic E-state index is 12.5. The number of hydrogen-bond acceptors (Lipinski definition) is 4. The van der Waals surface area contributed by atoms with Gasteiger partial charge in [-0.15, -0.1) is 0 Å². The highest BCUT2D eigenvalue weighted by atomic mass is 32.2. The van der Waals surface area contributed by atoms with E-state index in [9.17, 15) is 18.3 Å². The van der Waals surface area contributed by atoms with Crippen LogP contribution in [0.4, 0.5) is 0 Å². The van der Waals surface area contributed by atoms with Gasteiger partial charge in [0.15, 0.2) is 0 Å². The maximum Gasteiger partial charge on any atom is 0.251 e. The van der Waals surface area contributed by atoms with Crippen LogP contribution in [0.25, 0.3) is 0 Å². The average Bonchev–Trinajstić information content (AvgIpc) is 2.95. The minimum Gasteiger partial charge on any atom is -0.395 e. The highest BCUT2D eigenvalue weighted by molar-refractivity contribution is 7.89. The van der Waals surface area contributed by atoms with Crippen LogP contribution in [0.15, 0.2) is 29.2 Å². The van der Waals surface area contributed by atoms with E-state index in [0.29, 0.717) is 18.5 Å². The van der Waals surface area contributed by atoms with Crippen molar-refractivity contribution in [1.29, 1.82) is 0 Å². The summed E-state index contributed by atoms with van der Waals surface area (Å²) >= 11 is 0. The molecule has 0 spiro atoms. The van der Waals surface area contributed by atoms with Crippen LogP contribution in [0.2, 0.25) is 0 Å². The van der Waals surface area contributed by atoms with Crippen LogP contribution in [-0.2, 0) is 10.0 Å². The third-order valence-electron chi connectivity index (χ3n) is 3.48. The van der Waals surface area contributed by atoms with Crippen molar-refractivity contribution in [2.24, 2.45) is 0 Å². The fraction of sp³-hybridized carbons (Fsp3) is 0.462. The number of aliphatic hydroxyl groups excluding tert-OH is 1. The number of rotatable bonds is 4. The molecule has 0 saturated carbocycles.